The first-order valence-electron chi connectivity index (χ1n) is 7.61. The summed E-state index contributed by atoms with van der Waals surface area (Å²) < 4.78 is 6.10. The summed E-state index contributed by atoms with van der Waals surface area (Å²) in [5, 5.41) is 4.33. The van der Waals surface area contributed by atoms with E-state index in [1.165, 1.54) is 30.4 Å². The van der Waals surface area contributed by atoms with E-state index in [-0.39, 0.29) is 25.6 Å². The highest BCUT2D eigenvalue weighted by Crippen LogP contribution is 2.36. The van der Waals surface area contributed by atoms with Gasteiger partial charge < -0.3 is 10.1 Å². The lowest BCUT2D eigenvalue weighted by Crippen LogP contribution is -2.30. The van der Waals surface area contributed by atoms with E-state index in [4.69, 9.17) is 51.1 Å². The van der Waals surface area contributed by atoms with E-state index in [1.807, 2.05) is 24.3 Å². The molecule has 3 rings (SSSR count). The van der Waals surface area contributed by atoms with Gasteiger partial charge in [-0.25, -0.2) is 4.79 Å². The third-order valence-electron chi connectivity index (χ3n) is 3.64. The molecule has 0 aliphatic rings. The highest BCUT2D eigenvalue weighted by atomic mass is 35.5. The first-order valence-corrected chi connectivity index (χ1v) is 9.94. The predicted molar refractivity (Wildman–Crippen MR) is 112 cm³/mol. The van der Waals surface area contributed by atoms with Crippen LogP contribution in [0.5, 0.6) is 0 Å². The number of esters is 1. The first-order chi connectivity index (χ1) is 12.8. The van der Waals surface area contributed by atoms with Gasteiger partial charge in [0.05, 0.1) is 25.8 Å². The minimum absolute atomic E-state index is 0.212. The number of amides is 1. The van der Waals surface area contributed by atoms with Crippen molar-refractivity contribution in [3.05, 3.63) is 61.4 Å². The molecule has 4 nitrogen and oxygen atoms in total. The second-order valence-electron chi connectivity index (χ2n) is 5.52. The molecule has 1 aromatic heterocycles. The summed E-state index contributed by atoms with van der Waals surface area (Å²) in [6.07, 6.45) is -1.08. The quantitative estimate of drug-likeness (QED) is 0.346. The van der Waals surface area contributed by atoms with Crippen LogP contribution in [0.15, 0.2) is 36.4 Å². The van der Waals surface area contributed by atoms with Gasteiger partial charge in [-0.1, -0.05) is 64.6 Å². The number of thiophene rings is 1. The Morgan fingerprint density at radius 3 is 2.41 bits per heavy atom. The molecule has 1 heterocycles. The average molecular weight is 463 g/mol. The summed E-state index contributed by atoms with van der Waals surface area (Å²) in [4.78, 5) is 25.0. The van der Waals surface area contributed by atoms with Crippen LogP contribution < -0.4 is 5.32 Å². The summed E-state index contributed by atoms with van der Waals surface area (Å²) in [6.45, 7) is 1.44. The molecule has 3 aromatic rings. The average Bonchev–Trinajstić information content (AvgIpc) is 2.97. The Labute approximate surface area is 178 Å². The third-order valence-corrected chi connectivity index (χ3v) is 6.33. The van der Waals surface area contributed by atoms with Gasteiger partial charge in [-0.3, -0.25) is 4.79 Å². The van der Waals surface area contributed by atoms with Gasteiger partial charge in [0.15, 0.2) is 6.10 Å². The van der Waals surface area contributed by atoms with E-state index in [2.05, 4.69) is 5.32 Å². The fourth-order valence-electron chi connectivity index (χ4n) is 2.27. The zero-order chi connectivity index (χ0) is 19.7. The van der Waals surface area contributed by atoms with Crippen LogP contribution in [0.25, 0.3) is 10.1 Å². The smallest absolute Gasteiger partial charge is 0.350 e. The van der Waals surface area contributed by atoms with Crippen molar-refractivity contribution in [3.63, 3.8) is 0 Å². The van der Waals surface area contributed by atoms with Gasteiger partial charge in [-0.15, -0.1) is 11.3 Å². The van der Waals surface area contributed by atoms with Gasteiger partial charge in [0, 0.05) is 10.1 Å². The molecule has 1 atom stereocenters. The van der Waals surface area contributed by atoms with Gasteiger partial charge in [0.25, 0.3) is 5.91 Å². The van der Waals surface area contributed by atoms with Gasteiger partial charge in [-0.2, -0.15) is 0 Å². The number of rotatable bonds is 4. The number of nitrogens with one attached hydrogen (secondary N) is 1. The second kappa shape index (κ2) is 8.25. The number of carbonyl (C=O) groups excluding carboxylic acids is 2. The molecule has 0 saturated carbocycles. The summed E-state index contributed by atoms with van der Waals surface area (Å²) in [5.74, 6) is -1.25. The Kier molecular flexibility index (Phi) is 6.18. The maximum Gasteiger partial charge on any atom is 0.350 e. The molecule has 0 aliphatic heterocycles. The Balaban J connectivity index is 1.73. The molecule has 9 heteroatoms. The molecule has 0 radical (unpaired) electrons. The van der Waals surface area contributed by atoms with E-state index < -0.39 is 18.0 Å². The number of halogens is 4. The highest BCUT2D eigenvalue weighted by Gasteiger charge is 2.24. The summed E-state index contributed by atoms with van der Waals surface area (Å²) >= 11 is 25.3. The van der Waals surface area contributed by atoms with Crippen LogP contribution >= 0.6 is 57.7 Å². The molecule has 0 spiro atoms. The van der Waals surface area contributed by atoms with Crippen LogP contribution in [0.2, 0.25) is 20.1 Å². The molecule has 1 N–H and O–H groups in total. The van der Waals surface area contributed by atoms with Crippen LogP contribution in [0.3, 0.4) is 0 Å². The minimum Gasteiger partial charge on any atom is -0.448 e. The van der Waals surface area contributed by atoms with Crippen LogP contribution in [0.4, 0.5) is 5.69 Å². The van der Waals surface area contributed by atoms with E-state index in [1.54, 1.807) is 0 Å². The van der Waals surface area contributed by atoms with Crippen LogP contribution in [0.1, 0.15) is 16.6 Å². The zero-order valence-electron chi connectivity index (χ0n) is 13.7. The van der Waals surface area contributed by atoms with E-state index in [0.717, 1.165) is 10.1 Å². The number of benzene rings is 2. The maximum atomic E-state index is 12.4. The minimum atomic E-state index is -1.08. The summed E-state index contributed by atoms with van der Waals surface area (Å²) in [7, 11) is 0. The Bertz CT molecular complexity index is 1050. The molecular weight excluding hydrogens is 452 g/mol. The van der Waals surface area contributed by atoms with Crippen molar-refractivity contribution in [1.82, 2.24) is 0 Å². The highest BCUT2D eigenvalue weighted by molar-refractivity contribution is 7.21. The van der Waals surface area contributed by atoms with Crippen molar-refractivity contribution >= 4 is 85.4 Å². The fraction of sp³-hybridized carbons (Fsp3) is 0.111. The molecule has 140 valence electrons. The van der Waals surface area contributed by atoms with Crippen LogP contribution in [0, 0.1) is 0 Å². The second-order valence-corrected chi connectivity index (χ2v) is 8.18. The summed E-state index contributed by atoms with van der Waals surface area (Å²) in [5.41, 5.74) is 0.263. The normalized spacial score (nSPS) is 12.0. The summed E-state index contributed by atoms with van der Waals surface area (Å²) in [6, 6.07) is 10.2. The molecule has 0 saturated heterocycles. The predicted octanol–water partition coefficient (Wildman–Crippen LogP) is 6.70. The zero-order valence-corrected chi connectivity index (χ0v) is 17.5. The lowest BCUT2D eigenvalue weighted by Gasteiger charge is -2.14. The molecule has 0 bridgehead atoms. The molecule has 27 heavy (non-hydrogen) atoms. The van der Waals surface area contributed by atoms with E-state index in [9.17, 15) is 9.59 Å². The van der Waals surface area contributed by atoms with Crippen molar-refractivity contribution in [2.24, 2.45) is 0 Å². The third kappa shape index (κ3) is 4.33. The van der Waals surface area contributed by atoms with Crippen LogP contribution in [-0.2, 0) is 9.53 Å². The number of hydrogen-bond donors (Lipinski definition) is 1. The fourth-order valence-corrected chi connectivity index (χ4v) is 4.25. The van der Waals surface area contributed by atoms with E-state index >= 15 is 0 Å². The molecular formula is C18H11Cl4NO3S. The van der Waals surface area contributed by atoms with Crippen molar-refractivity contribution in [3.8, 4) is 0 Å². The SMILES string of the molecule is C[C@@H](OC(=O)c1sc2ccccc2c1Cl)C(=O)Nc1cc(Cl)c(Cl)cc1Cl. The molecule has 1 amide bonds. The number of ether oxygens (including phenoxy) is 1. The van der Waals surface area contributed by atoms with Crippen molar-refractivity contribution < 1.29 is 14.3 Å². The Morgan fingerprint density at radius 1 is 1.04 bits per heavy atom. The monoisotopic (exact) mass is 461 g/mol. The van der Waals surface area contributed by atoms with Gasteiger partial charge in [0.1, 0.15) is 4.88 Å². The topological polar surface area (TPSA) is 55.4 Å². The van der Waals surface area contributed by atoms with Gasteiger partial charge >= 0.3 is 5.97 Å². The molecule has 2 aromatic carbocycles. The van der Waals surface area contributed by atoms with Crippen molar-refractivity contribution in [1.29, 1.82) is 0 Å². The number of carbonyl (C=O) groups is 2. The lowest BCUT2D eigenvalue weighted by molar-refractivity contribution is -0.123. The largest absolute Gasteiger partial charge is 0.448 e. The van der Waals surface area contributed by atoms with Gasteiger partial charge in [0.2, 0.25) is 0 Å². The maximum absolute atomic E-state index is 12.4. The number of fused-ring (bicyclic) bond motifs is 1. The van der Waals surface area contributed by atoms with Gasteiger partial charge in [-0.05, 0) is 25.1 Å². The number of hydrogen-bond acceptors (Lipinski definition) is 4. The molecule has 0 aliphatic carbocycles. The Morgan fingerprint density at radius 2 is 1.70 bits per heavy atom. The molecule has 0 unspecified atom stereocenters. The van der Waals surface area contributed by atoms with E-state index in [0.29, 0.717) is 5.02 Å². The standard InChI is InChI=1S/C18H11Cl4NO3S/c1-8(17(24)23-13-7-11(20)10(19)6-12(13)21)26-18(25)16-15(22)9-4-2-3-5-14(9)27-16/h2-8H,1H3,(H,23,24)/t8-/m1/s1. The van der Waals surface area contributed by atoms with Crippen LogP contribution in [-0.4, -0.2) is 18.0 Å². The Hall–Kier alpha value is -1.50. The molecule has 0 fully saturated rings. The van der Waals surface area contributed by atoms with Crippen molar-refractivity contribution in [2.45, 2.75) is 13.0 Å². The first kappa shape index (κ1) is 20.2. The lowest BCUT2D eigenvalue weighted by atomic mass is 10.2. The number of anilines is 1. The van der Waals surface area contributed by atoms with Crippen molar-refractivity contribution in [2.75, 3.05) is 5.32 Å².